The Kier molecular flexibility index (Phi) is 7.71. The first-order valence-electron chi connectivity index (χ1n) is 10.9. The second-order valence-electron chi connectivity index (χ2n) is 8.09. The Morgan fingerprint density at radius 3 is 2.32 bits per heavy atom. The first-order valence-corrected chi connectivity index (χ1v) is 10.9. The normalized spacial score (nSPS) is 16.7. The van der Waals surface area contributed by atoms with Crippen molar-refractivity contribution in [2.24, 2.45) is 7.05 Å². The van der Waals surface area contributed by atoms with Crippen LogP contribution in [0.25, 0.3) is 11.2 Å². The van der Waals surface area contributed by atoms with Crippen molar-refractivity contribution in [2.45, 2.75) is 51.4 Å². The van der Waals surface area contributed by atoms with E-state index in [1.165, 1.54) is 4.57 Å². The first kappa shape index (κ1) is 25.4. The average Bonchev–Trinajstić information content (AvgIpc) is 3.45. The van der Waals surface area contributed by atoms with Crippen LogP contribution in [0, 0.1) is 11.8 Å². The van der Waals surface area contributed by atoms with Crippen LogP contribution in [0.1, 0.15) is 38.6 Å². The molecule has 0 atom stereocenters. The molecule has 2 N–H and O–H groups in total. The monoisotopic (exact) mass is 484 g/mol. The van der Waals surface area contributed by atoms with Crippen LogP contribution in [0.15, 0.2) is 9.59 Å². The van der Waals surface area contributed by atoms with E-state index in [0.717, 1.165) is 57.8 Å². The molecule has 1 aliphatic carbocycles. The minimum atomic E-state index is -5.08. The van der Waals surface area contributed by atoms with E-state index in [9.17, 15) is 22.8 Å². The fourth-order valence-electron chi connectivity index (χ4n) is 4.21. The molecule has 10 nitrogen and oxygen atoms in total. The van der Waals surface area contributed by atoms with Crippen molar-refractivity contribution in [3.8, 4) is 11.8 Å². The number of rotatable bonds is 3. The van der Waals surface area contributed by atoms with Crippen molar-refractivity contribution >= 4 is 23.1 Å². The van der Waals surface area contributed by atoms with Crippen LogP contribution in [0.2, 0.25) is 0 Å². The molecule has 0 unspecified atom stereocenters. The Hall–Kier alpha value is -3.27. The van der Waals surface area contributed by atoms with Crippen molar-refractivity contribution in [2.75, 3.05) is 31.1 Å². The Balaban J connectivity index is 0.000000406. The standard InChI is InChI=1S/C19H26N6O2.C2HF3O2/c1-3-4-11-24-15-16(21-18(24)23-12-9-20-10-13-23)25(14-7-5-6-8-14)19(27)22(2)17(15)26;3-2(4,5)1(6)7/h14,20H,5-13H2,1-2H3;(H,6,7). The predicted octanol–water partition coefficient (Wildman–Crippen LogP) is 1.08. The summed E-state index contributed by atoms with van der Waals surface area (Å²) in [6.45, 7) is 5.56. The molecular weight excluding hydrogens is 457 g/mol. The number of piperazine rings is 1. The number of hydrogen-bond donors (Lipinski definition) is 2. The zero-order valence-electron chi connectivity index (χ0n) is 19.0. The van der Waals surface area contributed by atoms with Crippen molar-refractivity contribution in [1.82, 2.24) is 24.0 Å². The van der Waals surface area contributed by atoms with E-state index in [4.69, 9.17) is 14.9 Å². The predicted molar refractivity (Wildman–Crippen MR) is 119 cm³/mol. The summed E-state index contributed by atoms with van der Waals surface area (Å²) >= 11 is 0. The highest BCUT2D eigenvalue weighted by Crippen LogP contribution is 2.31. The van der Waals surface area contributed by atoms with Crippen molar-refractivity contribution in [3.63, 3.8) is 0 Å². The molecule has 0 aromatic carbocycles. The Labute approximate surface area is 193 Å². The molecule has 13 heteroatoms. The number of nitrogens with zero attached hydrogens (tertiary/aromatic N) is 5. The SMILES string of the molecule is CC#CCn1c(N2CCNCC2)nc2c1c(=O)n(C)c(=O)n2C1CCCC1.O=C(O)C(F)(F)F. The summed E-state index contributed by atoms with van der Waals surface area (Å²) in [7, 11) is 1.56. The number of halogens is 3. The maximum atomic E-state index is 13.0. The second-order valence-corrected chi connectivity index (χ2v) is 8.09. The maximum absolute atomic E-state index is 13.0. The lowest BCUT2D eigenvalue weighted by Crippen LogP contribution is -2.44. The number of anilines is 1. The van der Waals surface area contributed by atoms with Gasteiger partial charge in [0.25, 0.3) is 5.56 Å². The molecule has 1 saturated carbocycles. The van der Waals surface area contributed by atoms with Crippen LogP contribution >= 0.6 is 0 Å². The minimum absolute atomic E-state index is 0.114. The summed E-state index contributed by atoms with van der Waals surface area (Å²) < 4.78 is 36.6. The van der Waals surface area contributed by atoms with Crippen LogP contribution in [0.4, 0.5) is 19.1 Å². The van der Waals surface area contributed by atoms with Crippen LogP contribution in [-0.4, -0.2) is 62.1 Å². The van der Waals surface area contributed by atoms with E-state index >= 15 is 0 Å². The molecule has 0 amide bonds. The van der Waals surface area contributed by atoms with Gasteiger partial charge in [-0.1, -0.05) is 18.8 Å². The molecule has 0 bridgehead atoms. The number of fused-ring (bicyclic) bond motifs is 1. The van der Waals surface area contributed by atoms with Gasteiger partial charge in [-0.15, -0.1) is 5.92 Å². The molecule has 2 aliphatic rings. The number of aliphatic carboxylic acids is 1. The summed E-state index contributed by atoms with van der Waals surface area (Å²) in [5.74, 6) is 3.96. The van der Waals surface area contributed by atoms with Crippen LogP contribution < -0.4 is 21.5 Å². The lowest BCUT2D eigenvalue weighted by Gasteiger charge is -2.28. The topological polar surface area (TPSA) is 114 Å². The minimum Gasteiger partial charge on any atom is -0.475 e. The third-order valence-corrected chi connectivity index (χ3v) is 5.90. The van der Waals surface area contributed by atoms with Crippen molar-refractivity contribution in [3.05, 3.63) is 20.8 Å². The number of imidazole rings is 1. The van der Waals surface area contributed by atoms with Crippen molar-refractivity contribution < 1.29 is 23.1 Å². The Bertz CT molecular complexity index is 1220. The highest BCUT2D eigenvalue weighted by Gasteiger charge is 2.38. The lowest BCUT2D eigenvalue weighted by molar-refractivity contribution is -0.192. The molecule has 0 radical (unpaired) electrons. The molecule has 2 aromatic rings. The van der Waals surface area contributed by atoms with Gasteiger partial charge in [-0.3, -0.25) is 18.5 Å². The van der Waals surface area contributed by atoms with Gasteiger partial charge in [0.1, 0.15) is 0 Å². The molecule has 0 spiro atoms. The smallest absolute Gasteiger partial charge is 0.475 e. The molecule has 34 heavy (non-hydrogen) atoms. The number of hydrogen-bond acceptors (Lipinski definition) is 6. The van der Waals surface area contributed by atoms with Gasteiger partial charge in [-0.2, -0.15) is 18.2 Å². The highest BCUT2D eigenvalue weighted by atomic mass is 19.4. The fraction of sp³-hybridized carbons (Fsp3) is 0.619. The summed E-state index contributed by atoms with van der Waals surface area (Å²) in [4.78, 5) is 41.8. The molecule has 1 aliphatic heterocycles. The van der Waals surface area contributed by atoms with E-state index in [0.29, 0.717) is 17.7 Å². The van der Waals surface area contributed by atoms with E-state index < -0.39 is 12.1 Å². The number of aromatic nitrogens is 4. The third kappa shape index (κ3) is 5.11. The van der Waals surface area contributed by atoms with Crippen LogP contribution in [0.5, 0.6) is 0 Å². The third-order valence-electron chi connectivity index (χ3n) is 5.90. The molecular formula is C21H27F3N6O4. The molecule has 186 valence electrons. The number of nitrogens with one attached hydrogen (secondary N) is 1. The largest absolute Gasteiger partial charge is 0.490 e. The highest BCUT2D eigenvalue weighted by molar-refractivity contribution is 5.75. The molecule has 4 rings (SSSR count). The summed E-state index contributed by atoms with van der Waals surface area (Å²) in [5.41, 5.74) is 0.440. The van der Waals surface area contributed by atoms with Gasteiger partial charge in [0.2, 0.25) is 5.95 Å². The molecule has 2 aromatic heterocycles. The number of alkyl halides is 3. The van der Waals surface area contributed by atoms with E-state index in [1.807, 2.05) is 4.57 Å². The average molecular weight is 484 g/mol. The second kappa shape index (κ2) is 10.3. The summed E-state index contributed by atoms with van der Waals surface area (Å²) in [6, 6.07) is 0.114. The number of carboxylic acids is 1. The Morgan fingerprint density at radius 2 is 1.79 bits per heavy atom. The van der Waals surface area contributed by atoms with Gasteiger partial charge < -0.3 is 15.3 Å². The van der Waals surface area contributed by atoms with Gasteiger partial charge in [0.15, 0.2) is 11.2 Å². The van der Waals surface area contributed by atoms with E-state index in [1.54, 1.807) is 18.5 Å². The number of carboxylic acid groups (broad SMARTS) is 1. The van der Waals surface area contributed by atoms with Crippen molar-refractivity contribution in [1.29, 1.82) is 0 Å². The van der Waals surface area contributed by atoms with Gasteiger partial charge in [-0.05, 0) is 19.8 Å². The van der Waals surface area contributed by atoms with Gasteiger partial charge in [-0.25, -0.2) is 9.59 Å². The van der Waals surface area contributed by atoms with E-state index in [-0.39, 0.29) is 17.3 Å². The van der Waals surface area contributed by atoms with E-state index in [2.05, 4.69) is 22.1 Å². The maximum Gasteiger partial charge on any atom is 0.490 e. The summed E-state index contributed by atoms with van der Waals surface area (Å²) in [5, 5.41) is 10.5. The lowest BCUT2D eigenvalue weighted by atomic mass is 10.2. The summed E-state index contributed by atoms with van der Waals surface area (Å²) in [6.07, 6.45) is -0.960. The van der Waals surface area contributed by atoms with Gasteiger partial charge in [0, 0.05) is 39.3 Å². The quantitative estimate of drug-likeness (QED) is 0.627. The zero-order chi connectivity index (χ0) is 25.0. The first-order chi connectivity index (χ1) is 16.1. The van der Waals surface area contributed by atoms with Gasteiger partial charge >= 0.3 is 17.8 Å². The number of carbonyl (C=O) groups is 1. The van der Waals surface area contributed by atoms with Gasteiger partial charge in [0.05, 0.1) is 6.54 Å². The molecule has 3 heterocycles. The molecule has 1 saturated heterocycles. The molecule has 2 fully saturated rings. The van der Waals surface area contributed by atoms with Crippen LogP contribution in [0.3, 0.4) is 0 Å². The Morgan fingerprint density at radius 1 is 1.21 bits per heavy atom. The van der Waals surface area contributed by atoms with Crippen LogP contribution in [-0.2, 0) is 18.4 Å². The zero-order valence-corrected chi connectivity index (χ0v) is 19.0. The fourth-order valence-corrected chi connectivity index (χ4v) is 4.21.